The summed E-state index contributed by atoms with van der Waals surface area (Å²) in [5.74, 6) is 5.42. The SMILES string of the molecule is C=C(C)C(=O)OC1(C(C)C)C2CC3CC(C2)CC1C3.C=C(C)C(=O)OC1(C)C2CC3CC(C2)CC1C3.C=C(C)C(=O)OC1(CC)CCCC1.C=C(C)C(=O)OC12CC3CC(CC(O)(C3)C1)C2.C=C(C)C(=O)OC12CC3CC(O)(CC(O)(C3)C1)C2.C=C(C)C(=O)OC1CCOC1=O. The molecule has 17 heteroatoms. The van der Waals surface area contributed by atoms with Gasteiger partial charge in [0.1, 0.15) is 28.0 Å². The van der Waals surface area contributed by atoms with Crippen LogP contribution in [0.2, 0.25) is 0 Å². The van der Waals surface area contributed by atoms with Crippen molar-refractivity contribution in [3.05, 3.63) is 72.9 Å². The molecule has 96 heavy (non-hydrogen) atoms. The predicted molar refractivity (Wildman–Crippen MR) is 363 cm³/mol. The van der Waals surface area contributed by atoms with Gasteiger partial charge in [-0.25, -0.2) is 33.6 Å². The van der Waals surface area contributed by atoms with Crippen LogP contribution in [-0.4, -0.2) is 115 Å². The highest BCUT2D eigenvalue weighted by atomic mass is 16.6. The third-order valence-electron chi connectivity index (χ3n) is 24.9. The van der Waals surface area contributed by atoms with Crippen molar-refractivity contribution in [2.24, 2.45) is 71.0 Å². The lowest BCUT2D eigenvalue weighted by atomic mass is 9.47. The fourth-order valence-corrected chi connectivity index (χ4v) is 21.8. The number of carbonyl (C=O) groups excluding carboxylic acids is 7. The molecule has 1 aliphatic heterocycles. The third-order valence-corrected chi connectivity index (χ3v) is 24.9. The summed E-state index contributed by atoms with van der Waals surface area (Å²) in [6.07, 6.45) is 27.1. The molecule has 17 saturated carbocycles. The summed E-state index contributed by atoms with van der Waals surface area (Å²) < 4.78 is 38.0. The van der Waals surface area contributed by atoms with Gasteiger partial charge >= 0.3 is 41.8 Å². The van der Waals surface area contributed by atoms with Crippen molar-refractivity contribution in [1.29, 1.82) is 0 Å². The molecule has 17 nitrogen and oxygen atoms in total. The summed E-state index contributed by atoms with van der Waals surface area (Å²) in [5.41, 5.74) is -1.27. The lowest BCUT2D eigenvalue weighted by Gasteiger charge is -2.62. The fraction of sp³-hybridized carbons (Fsp3) is 0.759. The highest BCUT2D eigenvalue weighted by Crippen LogP contribution is 2.64. The van der Waals surface area contributed by atoms with Gasteiger partial charge in [-0.3, -0.25) is 0 Å². The van der Waals surface area contributed by atoms with Gasteiger partial charge in [-0.2, -0.15) is 0 Å². The van der Waals surface area contributed by atoms with E-state index in [9.17, 15) is 48.9 Å². The van der Waals surface area contributed by atoms with Gasteiger partial charge in [0.25, 0.3) is 0 Å². The second-order valence-corrected chi connectivity index (χ2v) is 34.0. The predicted octanol–water partition coefficient (Wildman–Crippen LogP) is 14.0. The van der Waals surface area contributed by atoms with Gasteiger partial charge < -0.3 is 48.5 Å². The first-order chi connectivity index (χ1) is 44.8. The molecular weight excluding hydrogens is 1220 g/mol. The summed E-state index contributed by atoms with van der Waals surface area (Å²) >= 11 is 0. The summed E-state index contributed by atoms with van der Waals surface area (Å²) in [4.78, 5) is 80.5. The summed E-state index contributed by atoms with van der Waals surface area (Å²) in [5, 5.41) is 31.5. The highest BCUT2D eigenvalue weighted by Gasteiger charge is 2.66. The van der Waals surface area contributed by atoms with E-state index < -0.39 is 52.0 Å². The van der Waals surface area contributed by atoms with Crippen LogP contribution in [0.15, 0.2) is 72.9 Å². The molecule has 16 bridgehead atoms. The fourth-order valence-electron chi connectivity index (χ4n) is 21.8. The van der Waals surface area contributed by atoms with E-state index in [4.69, 9.17) is 28.4 Å². The number of carbonyl (C=O) groups is 7. The van der Waals surface area contributed by atoms with Crippen LogP contribution >= 0.6 is 0 Å². The number of aliphatic hydroxyl groups is 3. The molecule has 17 aliphatic carbocycles. The molecule has 5 atom stereocenters. The van der Waals surface area contributed by atoms with Crippen LogP contribution in [0.5, 0.6) is 0 Å². The van der Waals surface area contributed by atoms with Crippen molar-refractivity contribution in [2.75, 3.05) is 6.61 Å². The lowest BCUT2D eigenvalue weighted by Crippen LogP contribution is -2.66. The number of esters is 7. The number of hydrogen-bond donors (Lipinski definition) is 3. The van der Waals surface area contributed by atoms with E-state index in [1.807, 2.05) is 0 Å². The maximum absolute atomic E-state index is 12.1. The van der Waals surface area contributed by atoms with Crippen molar-refractivity contribution in [2.45, 2.75) is 300 Å². The zero-order chi connectivity index (χ0) is 70.5. The molecule has 0 aromatic heterocycles. The van der Waals surface area contributed by atoms with Gasteiger partial charge in [0.15, 0.2) is 0 Å². The minimum Gasteiger partial charge on any atom is -0.463 e. The Morgan fingerprint density at radius 1 is 0.458 bits per heavy atom. The molecule has 0 aromatic rings. The molecule has 0 aromatic carbocycles. The maximum Gasteiger partial charge on any atom is 0.347 e. The van der Waals surface area contributed by atoms with Crippen LogP contribution in [-0.2, 0) is 66.7 Å². The van der Waals surface area contributed by atoms with E-state index >= 15 is 0 Å². The molecule has 18 aliphatic rings. The summed E-state index contributed by atoms with van der Waals surface area (Å²) in [6.45, 7) is 40.7. The minimum atomic E-state index is -0.858. The molecule has 0 radical (unpaired) electrons. The van der Waals surface area contributed by atoms with E-state index in [1.165, 1.54) is 90.4 Å². The van der Waals surface area contributed by atoms with E-state index in [-0.39, 0.29) is 52.2 Å². The molecule has 1 saturated heterocycles. The first kappa shape index (κ1) is 74.8. The Hall–Kier alpha value is -5.39. The topological polar surface area (TPSA) is 245 Å². The van der Waals surface area contributed by atoms with Crippen molar-refractivity contribution in [1.82, 2.24) is 0 Å². The minimum absolute atomic E-state index is 0.171. The van der Waals surface area contributed by atoms with Gasteiger partial charge in [-0.1, -0.05) is 60.2 Å². The molecule has 3 N–H and O–H groups in total. The van der Waals surface area contributed by atoms with Crippen molar-refractivity contribution >= 4 is 41.8 Å². The Bertz CT molecular complexity index is 2970. The van der Waals surface area contributed by atoms with Gasteiger partial charge in [0, 0.05) is 65.5 Å². The average Bonchev–Trinajstić information content (AvgIpc) is 0.781. The maximum atomic E-state index is 12.1. The smallest absolute Gasteiger partial charge is 0.347 e. The third kappa shape index (κ3) is 16.6. The molecule has 0 amide bonds. The molecule has 5 unspecified atom stereocenters. The van der Waals surface area contributed by atoms with Gasteiger partial charge in [-0.05, 0) is 267 Å². The van der Waals surface area contributed by atoms with E-state index in [1.54, 1.807) is 34.6 Å². The Balaban J connectivity index is 0.000000136. The van der Waals surface area contributed by atoms with Crippen LogP contribution in [0, 0.1) is 71.0 Å². The molecule has 18 rings (SSSR count). The lowest BCUT2D eigenvalue weighted by molar-refractivity contribution is -0.260. The second-order valence-electron chi connectivity index (χ2n) is 34.0. The standard InChI is InChI=1S/C17H26O2.C15H22O2.C14H20O4.C14H20O3.C11H18O2.C8H10O4/c1-10(2)16(18)19-17(11(3)4)14-6-12-5-13(8-14)9-15(17)7-12;1-9(2)14(16)17-15(3)12-5-10-4-11(7-12)8-13(15)6-10;1-9(2)11(15)18-14-5-10-3-12(16,7-14)6-13(17,4-10)8-14;1-9(2)12(15)17-14-6-10-3-11(7-14)5-13(16,4-10)8-14;1-4-11(7-5-6-8-11)13-10(12)9(2)3;1-5(2)7(9)12-6-3-4-11-8(6)10/h11-15H,1,5-9H2,2-4H3;10-13H,1,4-8H2,2-3H3;10,16-17H,1,3-8H2,2H3;10-11,16H,1,3-8H2,2H3;2,4-8H2,1,3H3;6H,1,3-4H2,2H3. The van der Waals surface area contributed by atoms with Crippen molar-refractivity contribution < 1.29 is 82.0 Å². The summed E-state index contributed by atoms with van der Waals surface area (Å²) in [6, 6.07) is 0. The van der Waals surface area contributed by atoms with Crippen molar-refractivity contribution in [3.63, 3.8) is 0 Å². The van der Waals surface area contributed by atoms with Gasteiger partial charge in [0.2, 0.25) is 6.10 Å². The zero-order valence-electron chi connectivity index (χ0n) is 59.8. The number of ether oxygens (including phenoxy) is 7. The first-order valence-corrected chi connectivity index (χ1v) is 36.4. The quantitative estimate of drug-likeness (QED) is 0.0831. The average molecular weight is 1340 g/mol. The van der Waals surface area contributed by atoms with E-state index in [0.29, 0.717) is 108 Å². The van der Waals surface area contributed by atoms with Crippen LogP contribution in [0.3, 0.4) is 0 Å². The van der Waals surface area contributed by atoms with E-state index in [2.05, 4.69) is 71.9 Å². The van der Waals surface area contributed by atoms with Crippen molar-refractivity contribution in [3.8, 4) is 0 Å². The highest BCUT2D eigenvalue weighted by molar-refractivity contribution is 5.90. The van der Waals surface area contributed by atoms with E-state index in [0.717, 1.165) is 87.9 Å². The Labute approximate surface area is 571 Å². The largest absolute Gasteiger partial charge is 0.463 e. The first-order valence-electron chi connectivity index (χ1n) is 36.4. The van der Waals surface area contributed by atoms with Crippen LogP contribution in [0.1, 0.15) is 249 Å². The van der Waals surface area contributed by atoms with Gasteiger partial charge in [0.05, 0.1) is 23.4 Å². The Kier molecular flexibility index (Phi) is 22.4. The second kappa shape index (κ2) is 28.7. The molecule has 534 valence electrons. The van der Waals surface area contributed by atoms with Crippen LogP contribution < -0.4 is 0 Å². The van der Waals surface area contributed by atoms with Crippen LogP contribution in [0.25, 0.3) is 0 Å². The number of hydrogen-bond acceptors (Lipinski definition) is 17. The molecule has 0 spiro atoms. The molecular formula is C79H116O17. The molecule has 1 heterocycles. The zero-order valence-corrected chi connectivity index (χ0v) is 59.8. The monoisotopic (exact) mass is 1340 g/mol. The Morgan fingerprint density at radius 2 is 0.823 bits per heavy atom. The van der Waals surface area contributed by atoms with Crippen LogP contribution in [0.4, 0.5) is 0 Å². The summed E-state index contributed by atoms with van der Waals surface area (Å²) in [7, 11) is 0. The number of rotatable bonds is 14. The molecule has 18 fully saturated rings. The van der Waals surface area contributed by atoms with Gasteiger partial charge in [-0.15, -0.1) is 0 Å². The number of cyclic esters (lactones) is 1. The Morgan fingerprint density at radius 3 is 1.21 bits per heavy atom. The normalized spacial score (nSPS) is 39.9.